The van der Waals surface area contributed by atoms with Crippen molar-refractivity contribution in [3.63, 3.8) is 0 Å². The third kappa shape index (κ3) is 1.10. The van der Waals surface area contributed by atoms with Crippen molar-refractivity contribution < 1.29 is 9.53 Å². The van der Waals surface area contributed by atoms with E-state index in [1.54, 1.807) is 0 Å². The van der Waals surface area contributed by atoms with Gasteiger partial charge in [0, 0.05) is 6.20 Å². The summed E-state index contributed by atoms with van der Waals surface area (Å²) in [5, 5.41) is 0. The minimum atomic E-state index is 0.310. The predicted molar refractivity (Wildman–Crippen MR) is 34.0 cm³/mol. The van der Waals surface area contributed by atoms with Crippen molar-refractivity contribution >= 4 is 6.29 Å². The van der Waals surface area contributed by atoms with Gasteiger partial charge in [-0.25, -0.2) is 9.97 Å². The molecule has 0 amide bonds. The van der Waals surface area contributed by atoms with Gasteiger partial charge in [0.1, 0.15) is 6.33 Å². The first kappa shape index (κ1) is 6.67. The number of methoxy groups -OCH3 is 1. The van der Waals surface area contributed by atoms with Crippen LogP contribution in [0.3, 0.4) is 0 Å². The Morgan fingerprint density at radius 1 is 1.70 bits per heavy atom. The number of hydrogen-bond acceptors (Lipinski definition) is 4. The summed E-state index contributed by atoms with van der Waals surface area (Å²) in [5.41, 5.74) is 0.366. The van der Waals surface area contributed by atoms with Crippen LogP contribution < -0.4 is 4.74 Å². The lowest BCUT2D eigenvalue weighted by Gasteiger charge is -1.97. The van der Waals surface area contributed by atoms with Crippen LogP contribution >= 0.6 is 0 Å². The maximum atomic E-state index is 10.2. The number of carbonyl (C=O) groups is 1. The Bertz CT molecular complexity index is 237. The van der Waals surface area contributed by atoms with Crippen LogP contribution in [-0.2, 0) is 0 Å². The molecule has 0 aliphatic carbocycles. The van der Waals surface area contributed by atoms with Crippen molar-refractivity contribution in [1.29, 1.82) is 0 Å². The number of carbonyl (C=O) groups excluding carboxylic acids is 1. The van der Waals surface area contributed by atoms with Crippen LogP contribution in [0.15, 0.2) is 12.5 Å². The van der Waals surface area contributed by atoms with E-state index in [0.29, 0.717) is 17.7 Å². The number of aromatic nitrogens is 2. The zero-order chi connectivity index (χ0) is 7.40. The van der Waals surface area contributed by atoms with Gasteiger partial charge in [0.25, 0.3) is 0 Å². The van der Waals surface area contributed by atoms with Crippen molar-refractivity contribution in [2.24, 2.45) is 0 Å². The zero-order valence-corrected chi connectivity index (χ0v) is 5.44. The fourth-order valence-corrected chi connectivity index (χ4v) is 0.581. The Morgan fingerprint density at radius 2 is 2.50 bits per heavy atom. The summed E-state index contributed by atoms with van der Waals surface area (Å²) >= 11 is 0. The summed E-state index contributed by atoms with van der Waals surface area (Å²) < 4.78 is 4.75. The van der Waals surface area contributed by atoms with E-state index < -0.39 is 0 Å². The number of aldehydes is 1. The van der Waals surface area contributed by atoms with E-state index in [4.69, 9.17) is 4.74 Å². The summed E-state index contributed by atoms with van der Waals surface area (Å²) in [7, 11) is 1.45. The van der Waals surface area contributed by atoms with Gasteiger partial charge in [-0.15, -0.1) is 0 Å². The molecule has 0 bridgehead atoms. The third-order valence-electron chi connectivity index (χ3n) is 1.02. The zero-order valence-electron chi connectivity index (χ0n) is 5.44. The molecule has 0 atom stereocenters. The fourth-order valence-electron chi connectivity index (χ4n) is 0.581. The Hall–Kier alpha value is -1.45. The standard InChI is InChI=1S/C6H6N2O2/c1-10-6-5(3-9)2-7-4-8-6/h2-4H,1H3. The smallest absolute Gasteiger partial charge is 0.226 e. The molecule has 0 spiro atoms. The molecule has 4 nitrogen and oxygen atoms in total. The number of rotatable bonds is 2. The number of hydrogen-bond donors (Lipinski definition) is 0. The first-order chi connectivity index (χ1) is 4.88. The molecule has 0 fully saturated rings. The Morgan fingerprint density at radius 3 is 3.00 bits per heavy atom. The first-order valence-electron chi connectivity index (χ1n) is 2.67. The molecule has 0 aliphatic heterocycles. The van der Waals surface area contributed by atoms with E-state index in [9.17, 15) is 4.79 Å². The van der Waals surface area contributed by atoms with Crippen LogP contribution in [0.4, 0.5) is 0 Å². The molecule has 1 aromatic heterocycles. The topological polar surface area (TPSA) is 52.1 Å². The normalized spacial score (nSPS) is 8.90. The van der Waals surface area contributed by atoms with Gasteiger partial charge >= 0.3 is 0 Å². The summed E-state index contributed by atoms with van der Waals surface area (Å²) in [6.45, 7) is 0. The Labute approximate surface area is 57.9 Å². The molecule has 0 unspecified atom stereocenters. The SMILES string of the molecule is COc1ncncc1C=O. The van der Waals surface area contributed by atoms with E-state index in [1.165, 1.54) is 19.6 Å². The summed E-state index contributed by atoms with van der Waals surface area (Å²) in [6, 6.07) is 0. The van der Waals surface area contributed by atoms with E-state index >= 15 is 0 Å². The summed E-state index contributed by atoms with van der Waals surface area (Å²) in [5.74, 6) is 0.310. The second kappa shape index (κ2) is 2.91. The van der Waals surface area contributed by atoms with E-state index in [-0.39, 0.29) is 0 Å². The molecule has 0 saturated carbocycles. The lowest BCUT2D eigenvalue weighted by molar-refractivity contribution is 0.111. The molecule has 0 aliphatic rings. The Kier molecular flexibility index (Phi) is 1.94. The lowest BCUT2D eigenvalue weighted by Crippen LogP contribution is -1.93. The molecule has 0 aromatic carbocycles. The largest absolute Gasteiger partial charge is 0.480 e. The molecule has 10 heavy (non-hydrogen) atoms. The molecule has 52 valence electrons. The highest BCUT2D eigenvalue weighted by atomic mass is 16.5. The highest BCUT2D eigenvalue weighted by molar-refractivity contribution is 5.77. The highest BCUT2D eigenvalue weighted by Crippen LogP contribution is 2.07. The molecule has 4 heteroatoms. The summed E-state index contributed by atoms with van der Waals surface area (Å²) in [6.07, 6.45) is 3.38. The van der Waals surface area contributed by atoms with Crippen molar-refractivity contribution in [3.05, 3.63) is 18.1 Å². The van der Waals surface area contributed by atoms with Gasteiger partial charge in [-0.3, -0.25) is 4.79 Å². The average molecular weight is 138 g/mol. The van der Waals surface area contributed by atoms with Crippen LogP contribution in [0, 0.1) is 0 Å². The van der Waals surface area contributed by atoms with Crippen LogP contribution in [0.2, 0.25) is 0 Å². The monoisotopic (exact) mass is 138 g/mol. The van der Waals surface area contributed by atoms with Crippen molar-refractivity contribution in [3.8, 4) is 5.88 Å². The van der Waals surface area contributed by atoms with Gasteiger partial charge in [-0.05, 0) is 0 Å². The van der Waals surface area contributed by atoms with Crippen molar-refractivity contribution in [1.82, 2.24) is 9.97 Å². The quantitative estimate of drug-likeness (QED) is 0.551. The van der Waals surface area contributed by atoms with Crippen LogP contribution in [0.5, 0.6) is 5.88 Å². The van der Waals surface area contributed by atoms with E-state index in [1.807, 2.05) is 0 Å². The van der Waals surface area contributed by atoms with Gasteiger partial charge in [0.05, 0.1) is 12.7 Å². The number of nitrogens with zero attached hydrogens (tertiary/aromatic N) is 2. The molecular formula is C6H6N2O2. The van der Waals surface area contributed by atoms with Gasteiger partial charge in [-0.1, -0.05) is 0 Å². The highest BCUT2D eigenvalue weighted by Gasteiger charge is 1.99. The second-order valence-electron chi connectivity index (χ2n) is 1.61. The van der Waals surface area contributed by atoms with Crippen LogP contribution in [-0.4, -0.2) is 23.4 Å². The molecule has 0 radical (unpaired) electrons. The molecule has 0 N–H and O–H groups in total. The lowest BCUT2D eigenvalue weighted by atomic mass is 10.4. The molecule has 0 saturated heterocycles. The minimum absolute atomic E-state index is 0.310. The molecule has 1 heterocycles. The summed E-state index contributed by atoms with van der Waals surface area (Å²) in [4.78, 5) is 17.6. The van der Waals surface area contributed by atoms with Gasteiger partial charge in [0.2, 0.25) is 5.88 Å². The van der Waals surface area contributed by atoms with Gasteiger partial charge in [0.15, 0.2) is 6.29 Å². The predicted octanol–water partition coefficient (Wildman–Crippen LogP) is 0.298. The maximum Gasteiger partial charge on any atom is 0.226 e. The second-order valence-corrected chi connectivity index (χ2v) is 1.61. The van der Waals surface area contributed by atoms with Gasteiger partial charge < -0.3 is 4.74 Å². The molecule has 1 rings (SSSR count). The maximum absolute atomic E-state index is 10.2. The van der Waals surface area contributed by atoms with Crippen molar-refractivity contribution in [2.45, 2.75) is 0 Å². The van der Waals surface area contributed by atoms with Crippen molar-refractivity contribution in [2.75, 3.05) is 7.11 Å². The van der Waals surface area contributed by atoms with Gasteiger partial charge in [-0.2, -0.15) is 0 Å². The number of ether oxygens (including phenoxy) is 1. The molecule has 1 aromatic rings. The first-order valence-corrected chi connectivity index (χ1v) is 2.67. The average Bonchev–Trinajstić information content (AvgIpc) is 2.04. The van der Waals surface area contributed by atoms with Crippen LogP contribution in [0.1, 0.15) is 10.4 Å². The third-order valence-corrected chi connectivity index (χ3v) is 1.02. The fraction of sp³-hybridized carbons (Fsp3) is 0.167. The Balaban J connectivity index is 3.08. The van der Waals surface area contributed by atoms with E-state index in [2.05, 4.69) is 9.97 Å². The molecular weight excluding hydrogens is 132 g/mol. The minimum Gasteiger partial charge on any atom is -0.480 e. The van der Waals surface area contributed by atoms with E-state index in [0.717, 1.165) is 0 Å². The van der Waals surface area contributed by atoms with Crippen LogP contribution in [0.25, 0.3) is 0 Å².